The van der Waals surface area contributed by atoms with Crippen molar-refractivity contribution < 1.29 is 23.9 Å². The number of carbonyl (C=O) groups excluding carboxylic acids is 3. The number of anilines is 1. The van der Waals surface area contributed by atoms with Crippen LogP contribution in [0.2, 0.25) is 0 Å². The first-order chi connectivity index (χ1) is 17.3. The van der Waals surface area contributed by atoms with Crippen LogP contribution in [0.25, 0.3) is 0 Å². The van der Waals surface area contributed by atoms with E-state index < -0.39 is 11.0 Å². The highest BCUT2D eigenvalue weighted by Gasteiger charge is 2.44. The molecule has 0 radical (unpaired) electrons. The van der Waals surface area contributed by atoms with Crippen molar-refractivity contribution in [3.8, 4) is 0 Å². The summed E-state index contributed by atoms with van der Waals surface area (Å²) in [6.07, 6.45) is 2.99. The van der Waals surface area contributed by atoms with Crippen molar-refractivity contribution in [1.29, 1.82) is 0 Å². The van der Waals surface area contributed by atoms with Gasteiger partial charge in [-0.05, 0) is 91.8 Å². The molecule has 1 saturated heterocycles. The predicted octanol–water partition coefficient (Wildman–Crippen LogP) is 4.99. The van der Waals surface area contributed by atoms with E-state index in [0.717, 1.165) is 36.9 Å². The number of likely N-dealkylation sites (tertiary alicyclic amines) is 1. The fourth-order valence-corrected chi connectivity index (χ4v) is 5.36. The molecule has 0 spiro atoms. The van der Waals surface area contributed by atoms with Gasteiger partial charge in [-0.25, -0.2) is 4.79 Å². The van der Waals surface area contributed by atoms with Crippen LogP contribution in [-0.2, 0) is 19.7 Å². The fraction of sp³-hybridized carbons (Fsp3) is 0.690. The molecule has 1 aromatic carbocycles. The number of nitrogens with zero attached hydrogens (tertiary/aromatic N) is 3. The van der Waals surface area contributed by atoms with Crippen LogP contribution in [0.4, 0.5) is 10.5 Å². The highest BCUT2D eigenvalue weighted by molar-refractivity contribution is 6.09. The smallest absolute Gasteiger partial charge is 0.410 e. The zero-order chi connectivity index (χ0) is 27.5. The lowest BCUT2D eigenvalue weighted by atomic mass is 9.85. The second-order valence-corrected chi connectivity index (χ2v) is 12.0. The zero-order valence-corrected chi connectivity index (χ0v) is 23.9. The molecule has 2 heterocycles. The van der Waals surface area contributed by atoms with Crippen LogP contribution in [0.1, 0.15) is 90.1 Å². The minimum Gasteiger partial charge on any atom is -0.444 e. The molecule has 3 amide bonds. The minimum absolute atomic E-state index is 0.0486. The molecular weight excluding hydrogens is 470 g/mol. The molecule has 0 aromatic heterocycles. The summed E-state index contributed by atoms with van der Waals surface area (Å²) < 4.78 is 10.7. The predicted molar refractivity (Wildman–Crippen MR) is 145 cm³/mol. The third-order valence-electron chi connectivity index (χ3n) is 7.20. The minimum atomic E-state index is -0.632. The monoisotopic (exact) mass is 515 g/mol. The summed E-state index contributed by atoms with van der Waals surface area (Å²) in [7, 11) is 1.68. The Kier molecular flexibility index (Phi) is 8.93. The highest BCUT2D eigenvalue weighted by atomic mass is 16.6. The second kappa shape index (κ2) is 11.4. The van der Waals surface area contributed by atoms with Crippen molar-refractivity contribution in [3.63, 3.8) is 0 Å². The Morgan fingerprint density at radius 3 is 2.51 bits per heavy atom. The van der Waals surface area contributed by atoms with Crippen LogP contribution in [0.15, 0.2) is 18.2 Å². The van der Waals surface area contributed by atoms with E-state index in [4.69, 9.17) is 9.47 Å². The SMILES string of the molecule is COCCCCN1C(=O)C(C)(C)c2ccc(C(=O)N(C(C)C)[C@@H]3CCCN(C(=O)OC(C)(C)C)C3)cc21. The Labute approximate surface area is 222 Å². The summed E-state index contributed by atoms with van der Waals surface area (Å²) in [5.41, 5.74) is 1.14. The summed E-state index contributed by atoms with van der Waals surface area (Å²) in [6, 6.07) is 5.50. The molecule has 37 heavy (non-hydrogen) atoms. The van der Waals surface area contributed by atoms with E-state index in [1.165, 1.54) is 0 Å². The van der Waals surface area contributed by atoms with E-state index >= 15 is 0 Å². The van der Waals surface area contributed by atoms with Gasteiger partial charge in [0.05, 0.1) is 11.5 Å². The van der Waals surface area contributed by atoms with Gasteiger partial charge in [0.2, 0.25) is 5.91 Å². The Hall–Kier alpha value is -2.61. The van der Waals surface area contributed by atoms with Gasteiger partial charge in [0.1, 0.15) is 5.60 Å². The molecule has 206 valence electrons. The number of ether oxygens (including phenoxy) is 2. The van der Waals surface area contributed by atoms with Crippen LogP contribution in [0.5, 0.6) is 0 Å². The van der Waals surface area contributed by atoms with E-state index in [-0.39, 0.29) is 30.0 Å². The summed E-state index contributed by atoms with van der Waals surface area (Å²) in [5.74, 6) is -0.0177. The molecule has 3 rings (SSSR count). The Balaban J connectivity index is 1.84. The third-order valence-corrected chi connectivity index (χ3v) is 7.20. The molecule has 1 aromatic rings. The topological polar surface area (TPSA) is 79.4 Å². The average molecular weight is 516 g/mol. The van der Waals surface area contributed by atoms with E-state index in [1.807, 2.05) is 76.5 Å². The van der Waals surface area contributed by atoms with E-state index in [1.54, 1.807) is 12.0 Å². The number of benzene rings is 1. The molecule has 0 N–H and O–H groups in total. The van der Waals surface area contributed by atoms with Crippen molar-refractivity contribution >= 4 is 23.6 Å². The van der Waals surface area contributed by atoms with Crippen molar-refractivity contribution in [2.24, 2.45) is 0 Å². The van der Waals surface area contributed by atoms with E-state index in [0.29, 0.717) is 31.8 Å². The summed E-state index contributed by atoms with van der Waals surface area (Å²) in [6.45, 7) is 15.8. The standard InChI is InChI=1S/C29H45N3O5/c1-20(2)32(22-12-11-15-30(19-22)27(35)37-28(3,4)5)25(33)21-13-14-23-24(18-21)31(16-9-10-17-36-8)26(34)29(23,6)7/h13-14,18,20,22H,9-12,15-17,19H2,1-8H3/t22-/m1/s1. The maximum Gasteiger partial charge on any atom is 0.410 e. The van der Waals surface area contributed by atoms with Crippen molar-refractivity contribution in [2.45, 2.75) is 97.2 Å². The molecular formula is C29H45N3O5. The number of fused-ring (bicyclic) bond motifs is 1. The Morgan fingerprint density at radius 1 is 1.19 bits per heavy atom. The lowest BCUT2D eigenvalue weighted by Gasteiger charge is -2.41. The van der Waals surface area contributed by atoms with Crippen LogP contribution >= 0.6 is 0 Å². The normalized spacial score (nSPS) is 19.3. The highest BCUT2D eigenvalue weighted by Crippen LogP contribution is 2.42. The Bertz CT molecular complexity index is 998. The maximum absolute atomic E-state index is 13.9. The van der Waals surface area contributed by atoms with Gasteiger partial charge in [-0.1, -0.05) is 6.07 Å². The van der Waals surface area contributed by atoms with Gasteiger partial charge >= 0.3 is 6.09 Å². The lowest BCUT2D eigenvalue weighted by molar-refractivity contribution is -0.122. The summed E-state index contributed by atoms with van der Waals surface area (Å²) in [4.78, 5) is 45.3. The number of piperidine rings is 1. The molecule has 2 aliphatic rings. The van der Waals surface area contributed by atoms with Gasteiger partial charge < -0.3 is 24.2 Å². The lowest BCUT2D eigenvalue weighted by Crippen LogP contribution is -2.54. The largest absolute Gasteiger partial charge is 0.444 e. The molecule has 0 unspecified atom stereocenters. The Morgan fingerprint density at radius 2 is 1.89 bits per heavy atom. The van der Waals surface area contributed by atoms with Gasteiger partial charge in [0.25, 0.3) is 5.91 Å². The van der Waals surface area contributed by atoms with Crippen LogP contribution < -0.4 is 4.90 Å². The molecule has 1 fully saturated rings. The fourth-order valence-electron chi connectivity index (χ4n) is 5.36. The van der Waals surface area contributed by atoms with Crippen LogP contribution in [0, 0.1) is 0 Å². The quantitative estimate of drug-likeness (QED) is 0.456. The van der Waals surface area contributed by atoms with Gasteiger partial charge in [-0.15, -0.1) is 0 Å². The summed E-state index contributed by atoms with van der Waals surface area (Å²) in [5, 5.41) is 0. The number of methoxy groups -OCH3 is 1. The molecule has 8 heteroatoms. The van der Waals surface area contributed by atoms with Crippen molar-refractivity contribution in [2.75, 3.05) is 38.3 Å². The number of unbranched alkanes of at least 4 members (excludes halogenated alkanes) is 1. The van der Waals surface area contributed by atoms with E-state index in [9.17, 15) is 14.4 Å². The van der Waals surface area contributed by atoms with Gasteiger partial charge in [0.15, 0.2) is 0 Å². The van der Waals surface area contributed by atoms with Gasteiger partial charge in [-0.3, -0.25) is 9.59 Å². The molecule has 0 aliphatic carbocycles. The maximum atomic E-state index is 13.9. The molecule has 0 saturated carbocycles. The number of hydrogen-bond acceptors (Lipinski definition) is 5. The zero-order valence-electron chi connectivity index (χ0n) is 23.9. The van der Waals surface area contributed by atoms with Crippen LogP contribution in [0.3, 0.4) is 0 Å². The van der Waals surface area contributed by atoms with E-state index in [2.05, 4.69) is 0 Å². The van der Waals surface area contributed by atoms with Gasteiger partial charge in [0, 0.05) is 50.6 Å². The number of rotatable bonds is 8. The molecule has 2 aliphatic heterocycles. The third kappa shape index (κ3) is 6.46. The first-order valence-electron chi connectivity index (χ1n) is 13.5. The molecule has 8 nitrogen and oxygen atoms in total. The molecule has 1 atom stereocenters. The van der Waals surface area contributed by atoms with Crippen molar-refractivity contribution in [1.82, 2.24) is 9.80 Å². The molecule has 0 bridgehead atoms. The van der Waals surface area contributed by atoms with Crippen LogP contribution in [-0.4, -0.2) is 78.7 Å². The summed E-state index contributed by atoms with van der Waals surface area (Å²) >= 11 is 0. The average Bonchev–Trinajstić information content (AvgIpc) is 3.00. The first-order valence-corrected chi connectivity index (χ1v) is 13.5. The van der Waals surface area contributed by atoms with Crippen molar-refractivity contribution in [3.05, 3.63) is 29.3 Å². The number of carbonyl (C=O) groups is 3. The number of hydrogen-bond donors (Lipinski definition) is 0. The first kappa shape index (κ1) is 29.0. The second-order valence-electron chi connectivity index (χ2n) is 12.0. The number of amides is 3. The van der Waals surface area contributed by atoms with Gasteiger partial charge in [-0.2, -0.15) is 0 Å².